The molecule has 0 aromatic heterocycles. The molecule has 0 saturated carbocycles. The summed E-state index contributed by atoms with van der Waals surface area (Å²) < 4.78 is 0.653. The first-order valence-corrected chi connectivity index (χ1v) is 7.68. The van der Waals surface area contributed by atoms with E-state index in [2.05, 4.69) is 21.2 Å². The molecule has 0 fully saturated rings. The lowest BCUT2D eigenvalue weighted by atomic mass is 10.1. The van der Waals surface area contributed by atoms with Crippen LogP contribution in [0.5, 0.6) is 0 Å². The Balaban J connectivity index is 2.43. The van der Waals surface area contributed by atoms with Crippen molar-refractivity contribution < 1.29 is 4.79 Å². The molecule has 112 valence electrons. The number of nitrogens with one attached hydrogen (secondary N) is 1. The van der Waals surface area contributed by atoms with Crippen molar-refractivity contribution in [3.05, 3.63) is 79.4 Å². The predicted molar refractivity (Wildman–Crippen MR) is 94.8 cm³/mol. The van der Waals surface area contributed by atoms with Gasteiger partial charge in [-0.05, 0) is 42.0 Å². The number of anilines is 1. The fourth-order valence-corrected chi connectivity index (χ4v) is 2.44. The maximum Gasteiger partial charge on any atom is 0.212 e. The number of benzene rings is 1. The summed E-state index contributed by atoms with van der Waals surface area (Å²) in [5.41, 5.74) is 0.824. The van der Waals surface area contributed by atoms with Gasteiger partial charge in [0.15, 0.2) is 5.78 Å². The van der Waals surface area contributed by atoms with Gasteiger partial charge in [0, 0.05) is 16.5 Å². The molecule has 0 unspecified atom stereocenters. The minimum atomic E-state index is -0.377. The number of carbonyl (C=O) groups excluding carboxylic acids is 1. The minimum Gasteiger partial charge on any atom is -0.385 e. The Morgan fingerprint density at radius 1 is 1.23 bits per heavy atom. The standard InChI is InChI=1S/C17H13BrClNO2/c1-20-15-8-7-12(18)10-13(17(15)22)16(21)9-6-11-4-2-3-5-14(11)19/h2-10H,1H3,(H,20,22)/b9-6+. The van der Waals surface area contributed by atoms with Crippen LogP contribution in [0.2, 0.25) is 5.02 Å². The summed E-state index contributed by atoms with van der Waals surface area (Å²) in [6.07, 6.45) is 2.95. The number of carbonyl (C=O) groups is 1. The fraction of sp³-hybridized carbons (Fsp3) is 0.0588. The van der Waals surface area contributed by atoms with E-state index in [1.807, 2.05) is 12.1 Å². The Bertz CT molecular complexity index is 803. The third-order valence-electron chi connectivity index (χ3n) is 3.03. The van der Waals surface area contributed by atoms with Crippen molar-refractivity contribution in [1.29, 1.82) is 0 Å². The monoisotopic (exact) mass is 377 g/mol. The lowest BCUT2D eigenvalue weighted by molar-refractivity contribution is 0.104. The highest BCUT2D eigenvalue weighted by atomic mass is 79.9. The quantitative estimate of drug-likeness (QED) is 0.633. The summed E-state index contributed by atoms with van der Waals surface area (Å²) in [6, 6.07) is 12.0. The van der Waals surface area contributed by atoms with E-state index in [1.165, 1.54) is 12.1 Å². The Kier molecular flexibility index (Phi) is 5.52. The Morgan fingerprint density at radius 3 is 2.64 bits per heavy atom. The summed E-state index contributed by atoms with van der Waals surface area (Å²) in [7, 11) is 1.64. The lowest BCUT2D eigenvalue weighted by Crippen LogP contribution is -2.14. The minimum absolute atomic E-state index is 0.0875. The van der Waals surface area contributed by atoms with Gasteiger partial charge >= 0.3 is 0 Å². The second-order valence-electron chi connectivity index (χ2n) is 4.49. The van der Waals surface area contributed by atoms with Gasteiger partial charge in [0.2, 0.25) is 5.43 Å². The molecule has 0 heterocycles. The van der Waals surface area contributed by atoms with Crippen molar-refractivity contribution in [2.24, 2.45) is 0 Å². The number of allylic oxidation sites excluding steroid dienone is 1. The van der Waals surface area contributed by atoms with E-state index in [0.717, 1.165) is 5.56 Å². The van der Waals surface area contributed by atoms with Crippen LogP contribution in [-0.2, 0) is 0 Å². The molecule has 2 aromatic carbocycles. The normalized spacial score (nSPS) is 10.7. The van der Waals surface area contributed by atoms with Crippen LogP contribution < -0.4 is 10.7 Å². The van der Waals surface area contributed by atoms with Gasteiger partial charge in [-0.2, -0.15) is 0 Å². The van der Waals surface area contributed by atoms with Gasteiger partial charge in [-0.1, -0.05) is 45.7 Å². The van der Waals surface area contributed by atoms with Crippen LogP contribution in [0.1, 0.15) is 15.9 Å². The Labute approximate surface area is 141 Å². The SMILES string of the molecule is CNc1ccc(Br)cc(C(=O)/C=C/c2ccccc2Cl)c1=O. The van der Waals surface area contributed by atoms with Crippen molar-refractivity contribution in [2.45, 2.75) is 0 Å². The van der Waals surface area contributed by atoms with Crippen molar-refractivity contribution in [2.75, 3.05) is 12.4 Å². The highest BCUT2D eigenvalue weighted by Crippen LogP contribution is 2.17. The van der Waals surface area contributed by atoms with Crippen LogP contribution in [0.3, 0.4) is 0 Å². The lowest BCUT2D eigenvalue weighted by Gasteiger charge is -1.97. The molecule has 22 heavy (non-hydrogen) atoms. The van der Waals surface area contributed by atoms with Crippen LogP contribution in [0, 0.1) is 0 Å². The van der Waals surface area contributed by atoms with Gasteiger partial charge in [0.25, 0.3) is 0 Å². The van der Waals surface area contributed by atoms with Crippen molar-refractivity contribution in [3.8, 4) is 0 Å². The maximum absolute atomic E-state index is 12.3. The fourth-order valence-electron chi connectivity index (χ4n) is 1.88. The number of hydrogen-bond acceptors (Lipinski definition) is 3. The zero-order chi connectivity index (χ0) is 16.1. The van der Waals surface area contributed by atoms with Crippen molar-refractivity contribution in [3.63, 3.8) is 0 Å². The summed E-state index contributed by atoms with van der Waals surface area (Å²) in [5, 5.41) is 3.34. The van der Waals surface area contributed by atoms with Crippen LogP contribution in [0.4, 0.5) is 5.69 Å². The third-order valence-corrected chi connectivity index (χ3v) is 3.87. The van der Waals surface area contributed by atoms with Crippen LogP contribution in [0.25, 0.3) is 6.08 Å². The highest BCUT2D eigenvalue weighted by molar-refractivity contribution is 9.10. The van der Waals surface area contributed by atoms with Crippen LogP contribution >= 0.6 is 27.5 Å². The molecule has 0 spiro atoms. The largest absolute Gasteiger partial charge is 0.385 e. The molecule has 0 amide bonds. The van der Waals surface area contributed by atoms with E-state index < -0.39 is 0 Å². The Morgan fingerprint density at radius 2 is 1.95 bits per heavy atom. The van der Waals surface area contributed by atoms with E-state index in [0.29, 0.717) is 15.2 Å². The first-order chi connectivity index (χ1) is 10.5. The molecule has 2 aromatic rings. The molecular formula is C17H13BrClNO2. The molecule has 0 atom stereocenters. The van der Waals surface area contributed by atoms with Crippen molar-refractivity contribution in [1.82, 2.24) is 0 Å². The molecular weight excluding hydrogens is 366 g/mol. The van der Waals surface area contributed by atoms with Gasteiger partial charge in [-0.25, -0.2) is 0 Å². The van der Waals surface area contributed by atoms with E-state index >= 15 is 0 Å². The predicted octanol–water partition coefficient (Wildman–Crippen LogP) is 4.40. The Hall–Kier alpha value is -1.91. The maximum atomic E-state index is 12.3. The highest BCUT2D eigenvalue weighted by Gasteiger charge is 2.10. The first kappa shape index (κ1) is 16.5. The molecule has 0 bridgehead atoms. The number of ketones is 1. The molecule has 5 heteroatoms. The summed E-state index contributed by atoms with van der Waals surface area (Å²) >= 11 is 9.34. The molecule has 0 aliphatic carbocycles. The molecule has 0 aliphatic heterocycles. The van der Waals surface area contributed by atoms with E-state index in [-0.39, 0.29) is 16.8 Å². The van der Waals surface area contributed by atoms with E-state index in [4.69, 9.17) is 11.6 Å². The second-order valence-corrected chi connectivity index (χ2v) is 5.81. The molecule has 2 rings (SSSR count). The van der Waals surface area contributed by atoms with Gasteiger partial charge in [-0.3, -0.25) is 9.59 Å². The number of halogens is 2. The average molecular weight is 379 g/mol. The number of hydrogen-bond donors (Lipinski definition) is 1. The number of rotatable bonds is 4. The summed E-state index contributed by atoms with van der Waals surface area (Å²) in [5.74, 6) is -0.377. The average Bonchev–Trinajstić information content (AvgIpc) is 2.65. The van der Waals surface area contributed by atoms with Gasteiger partial charge < -0.3 is 5.32 Å². The zero-order valence-electron chi connectivity index (χ0n) is 11.8. The zero-order valence-corrected chi connectivity index (χ0v) is 14.1. The third kappa shape index (κ3) is 3.84. The van der Waals surface area contributed by atoms with E-state index in [1.54, 1.807) is 37.4 Å². The summed E-state index contributed by atoms with van der Waals surface area (Å²) in [4.78, 5) is 24.6. The summed E-state index contributed by atoms with van der Waals surface area (Å²) in [6.45, 7) is 0. The smallest absolute Gasteiger partial charge is 0.212 e. The molecule has 0 aliphatic rings. The molecule has 3 nitrogen and oxygen atoms in total. The second kappa shape index (κ2) is 7.38. The topological polar surface area (TPSA) is 46.2 Å². The first-order valence-electron chi connectivity index (χ1n) is 6.51. The van der Waals surface area contributed by atoms with Gasteiger partial charge in [0.1, 0.15) is 0 Å². The molecule has 0 saturated heterocycles. The van der Waals surface area contributed by atoms with Crippen LogP contribution in [0.15, 0.2) is 57.8 Å². The molecule has 0 radical (unpaired) electrons. The molecule has 1 N–H and O–H groups in total. The van der Waals surface area contributed by atoms with E-state index in [9.17, 15) is 9.59 Å². The van der Waals surface area contributed by atoms with Crippen LogP contribution in [-0.4, -0.2) is 12.8 Å². The van der Waals surface area contributed by atoms with Crippen molar-refractivity contribution >= 4 is 45.1 Å². The van der Waals surface area contributed by atoms with Gasteiger partial charge in [0.05, 0.1) is 11.3 Å². The van der Waals surface area contributed by atoms with Gasteiger partial charge in [-0.15, -0.1) is 0 Å².